The van der Waals surface area contributed by atoms with Crippen LogP contribution in [0.3, 0.4) is 0 Å². The molecule has 24 heavy (non-hydrogen) atoms. The van der Waals surface area contributed by atoms with E-state index in [1.807, 2.05) is 0 Å². The fourth-order valence-electron chi connectivity index (χ4n) is 3.21. The lowest BCUT2D eigenvalue weighted by Gasteiger charge is -2.06. The fourth-order valence-corrected chi connectivity index (χ4v) is 3.21. The molecule has 0 spiro atoms. The number of aliphatic hydroxyl groups is 2. The zero-order chi connectivity index (χ0) is 17.7. The van der Waals surface area contributed by atoms with Crippen LogP contribution in [0.5, 0.6) is 0 Å². The summed E-state index contributed by atoms with van der Waals surface area (Å²) in [5, 5.41) is 20.4. The van der Waals surface area contributed by atoms with E-state index < -0.39 is 6.29 Å². The second kappa shape index (κ2) is 20.9. The van der Waals surface area contributed by atoms with Crippen LogP contribution in [0.15, 0.2) is 0 Å². The maximum absolute atomic E-state index is 8.69. The van der Waals surface area contributed by atoms with Crippen molar-refractivity contribution in [1.29, 1.82) is 0 Å². The minimum Gasteiger partial charge on any atom is -0.367 e. The number of aliphatic hydroxyl groups excluding tert-OH is 1. The molecule has 0 atom stereocenters. The van der Waals surface area contributed by atoms with Gasteiger partial charge in [-0.05, 0) is 13.0 Å². The molecule has 0 amide bonds. The Kier molecular flexibility index (Phi) is 20.8. The zero-order valence-corrected chi connectivity index (χ0v) is 16.4. The van der Waals surface area contributed by atoms with Crippen LogP contribution >= 0.6 is 0 Å². The average molecular weight is 344 g/mol. The van der Waals surface area contributed by atoms with Crippen molar-refractivity contribution < 1.29 is 10.2 Å². The van der Waals surface area contributed by atoms with Gasteiger partial charge < -0.3 is 15.5 Å². The zero-order valence-electron chi connectivity index (χ0n) is 16.4. The van der Waals surface area contributed by atoms with Crippen molar-refractivity contribution in [1.82, 2.24) is 5.32 Å². The molecule has 0 aromatic rings. The van der Waals surface area contributed by atoms with Crippen molar-refractivity contribution in [2.24, 2.45) is 0 Å². The van der Waals surface area contributed by atoms with E-state index in [9.17, 15) is 0 Å². The summed E-state index contributed by atoms with van der Waals surface area (Å²) in [4.78, 5) is 0. The molecule has 0 rings (SSSR count). The predicted octanol–water partition coefficient (Wildman–Crippen LogP) is 5.54. The van der Waals surface area contributed by atoms with Gasteiger partial charge in [-0.3, -0.25) is 0 Å². The van der Waals surface area contributed by atoms with Crippen LogP contribution in [-0.4, -0.2) is 29.6 Å². The summed E-state index contributed by atoms with van der Waals surface area (Å²) in [5.41, 5.74) is 0. The molecular weight excluding hydrogens is 298 g/mol. The molecule has 0 fully saturated rings. The molecule has 0 saturated heterocycles. The highest BCUT2D eigenvalue weighted by Crippen LogP contribution is 2.13. The van der Waals surface area contributed by atoms with Crippen LogP contribution in [0.2, 0.25) is 0 Å². The van der Waals surface area contributed by atoms with Crippen LogP contribution in [0.25, 0.3) is 0 Å². The van der Waals surface area contributed by atoms with Gasteiger partial charge in [0.25, 0.3) is 0 Å². The van der Waals surface area contributed by atoms with Crippen LogP contribution < -0.4 is 5.32 Å². The van der Waals surface area contributed by atoms with Gasteiger partial charge in [0.05, 0.1) is 0 Å². The Morgan fingerprint density at radius 3 is 1.21 bits per heavy atom. The molecule has 0 heterocycles. The summed E-state index contributed by atoms with van der Waals surface area (Å²) < 4.78 is 0. The molecule has 0 bridgehead atoms. The minimum atomic E-state index is -1.21. The second-order valence-corrected chi connectivity index (χ2v) is 7.34. The molecule has 0 radical (unpaired) electrons. The van der Waals surface area contributed by atoms with Gasteiger partial charge in [-0.15, -0.1) is 0 Å². The Hall–Kier alpha value is -0.120. The van der Waals surface area contributed by atoms with E-state index in [0.717, 1.165) is 13.0 Å². The summed E-state index contributed by atoms with van der Waals surface area (Å²) >= 11 is 0. The molecule has 0 aromatic carbocycles. The first-order chi connectivity index (χ1) is 11.8. The van der Waals surface area contributed by atoms with Crippen molar-refractivity contribution in [2.45, 2.75) is 122 Å². The van der Waals surface area contributed by atoms with Crippen LogP contribution in [-0.2, 0) is 0 Å². The van der Waals surface area contributed by atoms with Crippen molar-refractivity contribution >= 4 is 0 Å². The Labute approximate surface area is 151 Å². The topological polar surface area (TPSA) is 52.5 Å². The Morgan fingerprint density at radius 2 is 0.875 bits per heavy atom. The van der Waals surface area contributed by atoms with E-state index >= 15 is 0 Å². The van der Waals surface area contributed by atoms with E-state index in [-0.39, 0.29) is 0 Å². The number of hydrogen-bond donors (Lipinski definition) is 3. The molecule has 0 aromatic heterocycles. The lowest BCUT2D eigenvalue weighted by molar-refractivity contribution is -0.0370. The molecule has 0 unspecified atom stereocenters. The van der Waals surface area contributed by atoms with Gasteiger partial charge in [0.15, 0.2) is 6.29 Å². The SMILES string of the molecule is CCCCCCCCCCCCCCCCCCCNCC(O)O. The fraction of sp³-hybridized carbons (Fsp3) is 1.00. The molecule has 0 aliphatic carbocycles. The van der Waals surface area contributed by atoms with Gasteiger partial charge in [0, 0.05) is 6.54 Å². The first-order valence-corrected chi connectivity index (χ1v) is 10.8. The van der Waals surface area contributed by atoms with E-state index in [0.29, 0.717) is 6.54 Å². The van der Waals surface area contributed by atoms with Gasteiger partial charge in [0.1, 0.15) is 0 Å². The number of unbranched alkanes of at least 4 members (excludes halogenated alkanes) is 16. The quantitative estimate of drug-likeness (QED) is 0.201. The Morgan fingerprint density at radius 1 is 0.542 bits per heavy atom. The maximum atomic E-state index is 8.69. The molecule has 146 valence electrons. The standard InChI is InChI=1S/C21H45NO2/c1-2-3-4-5-6-7-8-9-10-11-12-13-14-15-16-17-18-19-22-20-21(23)24/h21-24H,2-20H2,1H3. The van der Waals surface area contributed by atoms with Crippen molar-refractivity contribution in [3.63, 3.8) is 0 Å². The molecular formula is C21H45NO2. The number of hydrogen-bond acceptors (Lipinski definition) is 3. The highest BCUT2D eigenvalue weighted by atomic mass is 16.5. The van der Waals surface area contributed by atoms with Crippen LogP contribution in [0, 0.1) is 0 Å². The summed E-state index contributed by atoms with van der Waals surface area (Å²) in [6.07, 6.45) is 22.4. The third-order valence-corrected chi connectivity index (χ3v) is 4.78. The van der Waals surface area contributed by atoms with Gasteiger partial charge >= 0.3 is 0 Å². The van der Waals surface area contributed by atoms with Gasteiger partial charge in [-0.1, -0.05) is 110 Å². The van der Waals surface area contributed by atoms with Gasteiger partial charge in [-0.25, -0.2) is 0 Å². The normalized spacial score (nSPS) is 11.5. The highest BCUT2D eigenvalue weighted by molar-refractivity contribution is 4.52. The summed E-state index contributed by atoms with van der Waals surface area (Å²) in [6, 6.07) is 0. The first kappa shape index (κ1) is 23.9. The van der Waals surface area contributed by atoms with Gasteiger partial charge in [-0.2, -0.15) is 0 Å². The third kappa shape index (κ3) is 21.9. The second-order valence-electron chi connectivity index (χ2n) is 7.34. The third-order valence-electron chi connectivity index (χ3n) is 4.78. The predicted molar refractivity (Wildman–Crippen MR) is 105 cm³/mol. The van der Waals surface area contributed by atoms with Gasteiger partial charge in [0.2, 0.25) is 0 Å². The Bertz CT molecular complexity index is 222. The first-order valence-electron chi connectivity index (χ1n) is 10.8. The molecule has 0 aliphatic rings. The average Bonchev–Trinajstić information content (AvgIpc) is 2.56. The lowest BCUT2D eigenvalue weighted by atomic mass is 10.0. The van der Waals surface area contributed by atoms with E-state index in [1.54, 1.807) is 0 Å². The van der Waals surface area contributed by atoms with E-state index in [1.165, 1.54) is 103 Å². The minimum absolute atomic E-state index is 0.291. The van der Waals surface area contributed by atoms with E-state index in [2.05, 4.69) is 12.2 Å². The Balaban J connectivity index is 2.95. The summed E-state index contributed by atoms with van der Waals surface area (Å²) in [7, 11) is 0. The summed E-state index contributed by atoms with van der Waals surface area (Å²) in [6.45, 7) is 3.47. The molecule has 3 heteroatoms. The lowest BCUT2D eigenvalue weighted by Crippen LogP contribution is -2.26. The van der Waals surface area contributed by atoms with Crippen molar-refractivity contribution in [3.05, 3.63) is 0 Å². The maximum Gasteiger partial charge on any atom is 0.164 e. The number of rotatable bonds is 20. The highest BCUT2D eigenvalue weighted by Gasteiger charge is 1.96. The largest absolute Gasteiger partial charge is 0.367 e. The molecule has 0 saturated carbocycles. The molecule has 3 N–H and O–H groups in total. The van der Waals surface area contributed by atoms with Crippen molar-refractivity contribution in [3.8, 4) is 0 Å². The van der Waals surface area contributed by atoms with Crippen molar-refractivity contribution in [2.75, 3.05) is 13.1 Å². The monoisotopic (exact) mass is 343 g/mol. The summed E-state index contributed by atoms with van der Waals surface area (Å²) in [5.74, 6) is 0. The number of nitrogens with one attached hydrogen (secondary N) is 1. The molecule has 3 nitrogen and oxygen atoms in total. The smallest absolute Gasteiger partial charge is 0.164 e. The molecule has 0 aliphatic heterocycles. The van der Waals surface area contributed by atoms with E-state index in [4.69, 9.17) is 10.2 Å². The van der Waals surface area contributed by atoms with Crippen LogP contribution in [0.1, 0.15) is 116 Å². The van der Waals surface area contributed by atoms with Crippen LogP contribution in [0.4, 0.5) is 0 Å².